The average Bonchev–Trinajstić information content (AvgIpc) is 3.16. The quantitative estimate of drug-likeness (QED) is 0.248. The zero-order chi connectivity index (χ0) is 19.5. The van der Waals surface area contributed by atoms with Crippen LogP contribution >= 0.6 is 15.9 Å². The normalized spacial score (nSPS) is 10.8. The smallest absolute Gasteiger partial charge is 0.265 e. The number of hydrazine groups is 1. The summed E-state index contributed by atoms with van der Waals surface area (Å²) in [6, 6.07) is 20.9. The number of carbonyl (C=O) groups is 1. The summed E-state index contributed by atoms with van der Waals surface area (Å²) < 4.78 is 6.96. The van der Waals surface area contributed by atoms with Gasteiger partial charge in [-0.25, -0.2) is 10.8 Å². The summed E-state index contributed by atoms with van der Waals surface area (Å²) in [5, 5.41) is 0. The van der Waals surface area contributed by atoms with Crippen molar-refractivity contribution in [2.24, 2.45) is 5.84 Å². The zero-order valence-electron chi connectivity index (χ0n) is 14.8. The number of fused-ring (bicyclic) bond motifs is 1. The number of amides is 1. The first-order valence-corrected chi connectivity index (χ1v) is 9.41. The second kappa shape index (κ2) is 7.84. The molecule has 1 amide bonds. The minimum Gasteiger partial charge on any atom is -0.488 e. The SMILES string of the molecule is NNC(=O)c1ccc2nc(-c3cc(Br)ccc3OCc3ccccc3)[nH]c2c1. The molecule has 6 nitrogen and oxygen atoms in total. The molecule has 0 saturated heterocycles. The van der Waals surface area contributed by atoms with Crippen LogP contribution in [0.3, 0.4) is 0 Å². The number of nitrogen functional groups attached to an aromatic ring is 1. The van der Waals surface area contributed by atoms with Crippen LogP contribution in [0.5, 0.6) is 5.75 Å². The molecule has 28 heavy (non-hydrogen) atoms. The summed E-state index contributed by atoms with van der Waals surface area (Å²) in [6.45, 7) is 0.455. The number of H-pyrrole nitrogens is 1. The maximum absolute atomic E-state index is 11.8. The second-order valence-corrected chi connectivity index (χ2v) is 7.12. The number of ether oxygens (including phenoxy) is 1. The lowest BCUT2D eigenvalue weighted by atomic mass is 10.2. The molecule has 1 heterocycles. The molecule has 0 atom stereocenters. The highest BCUT2D eigenvalue weighted by atomic mass is 79.9. The fourth-order valence-corrected chi connectivity index (χ4v) is 3.27. The highest BCUT2D eigenvalue weighted by Gasteiger charge is 2.14. The van der Waals surface area contributed by atoms with Gasteiger partial charge in [-0.2, -0.15) is 0 Å². The molecule has 0 fully saturated rings. The molecule has 4 N–H and O–H groups in total. The lowest BCUT2D eigenvalue weighted by Gasteiger charge is -2.11. The van der Waals surface area contributed by atoms with Crippen LogP contribution in [-0.2, 0) is 6.61 Å². The number of benzene rings is 3. The van der Waals surface area contributed by atoms with Gasteiger partial charge in [0.25, 0.3) is 5.91 Å². The van der Waals surface area contributed by atoms with Gasteiger partial charge in [0.15, 0.2) is 0 Å². The molecule has 0 bridgehead atoms. The zero-order valence-corrected chi connectivity index (χ0v) is 16.4. The van der Waals surface area contributed by atoms with Gasteiger partial charge in [-0.3, -0.25) is 10.2 Å². The van der Waals surface area contributed by atoms with Crippen molar-refractivity contribution in [3.63, 3.8) is 0 Å². The summed E-state index contributed by atoms with van der Waals surface area (Å²) >= 11 is 3.51. The van der Waals surface area contributed by atoms with Crippen molar-refractivity contribution < 1.29 is 9.53 Å². The Kier molecular flexibility index (Phi) is 5.10. The minimum atomic E-state index is -0.354. The first kappa shape index (κ1) is 18.2. The van der Waals surface area contributed by atoms with Crippen LogP contribution < -0.4 is 16.0 Å². The molecular weight excluding hydrogens is 420 g/mol. The van der Waals surface area contributed by atoms with Gasteiger partial charge in [-0.15, -0.1) is 0 Å². The van der Waals surface area contributed by atoms with Crippen molar-refractivity contribution >= 4 is 32.9 Å². The Bertz CT molecular complexity index is 1140. The number of nitrogens with two attached hydrogens (primary N) is 1. The third kappa shape index (κ3) is 3.76. The van der Waals surface area contributed by atoms with Gasteiger partial charge in [0.1, 0.15) is 18.2 Å². The van der Waals surface area contributed by atoms with Gasteiger partial charge in [0.05, 0.1) is 16.6 Å². The third-order valence-corrected chi connectivity index (χ3v) is 4.80. The predicted octanol–water partition coefficient (Wildman–Crippen LogP) is 4.17. The number of aromatic nitrogens is 2. The van der Waals surface area contributed by atoms with Gasteiger partial charge in [0, 0.05) is 10.0 Å². The molecular formula is C21H17BrN4O2. The summed E-state index contributed by atoms with van der Waals surface area (Å²) in [5.41, 5.74) is 5.99. The van der Waals surface area contributed by atoms with E-state index in [1.165, 1.54) is 0 Å². The second-order valence-electron chi connectivity index (χ2n) is 6.21. The molecule has 0 spiro atoms. The van der Waals surface area contributed by atoms with Crippen LogP contribution in [0.2, 0.25) is 0 Å². The van der Waals surface area contributed by atoms with E-state index in [2.05, 4.69) is 31.3 Å². The van der Waals surface area contributed by atoms with Crippen LogP contribution in [0.4, 0.5) is 0 Å². The molecule has 0 saturated carbocycles. The van der Waals surface area contributed by atoms with Gasteiger partial charge in [0.2, 0.25) is 0 Å². The van der Waals surface area contributed by atoms with Crippen molar-refractivity contribution in [2.45, 2.75) is 6.61 Å². The topological polar surface area (TPSA) is 93.0 Å². The number of hydrogen-bond donors (Lipinski definition) is 3. The van der Waals surface area contributed by atoms with Crippen LogP contribution in [-0.4, -0.2) is 15.9 Å². The van der Waals surface area contributed by atoms with E-state index in [1.807, 2.05) is 48.5 Å². The molecule has 140 valence electrons. The fraction of sp³-hybridized carbons (Fsp3) is 0.0476. The maximum atomic E-state index is 11.8. The van der Waals surface area contributed by atoms with E-state index in [9.17, 15) is 4.79 Å². The largest absolute Gasteiger partial charge is 0.488 e. The van der Waals surface area contributed by atoms with Crippen molar-refractivity contribution in [3.05, 3.63) is 82.3 Å². The molecule has 4 rings (SSSR count). The van der Waals surface area contributed by atoms with Crippen molar-refractivity contribution in [1.29, 1.82) is 0 Å². The van der Waals surface area contributed by atoms with Crippen LogP contribution in [0, 0.1) is 0 Å². The fourth-order valence-electron chi connectivity index (χ4n) is 2.91. The van der Waals surface area contributed by atoms with Crippen LogP contribution in [0.25, 0.3) is 22.4 Å². The van der Waals surface area contributed by atoms with Crippen molar-refractivity contribution in [1.82, 2.24) is 15.4 Å². The summed E-state index contributed by atoms with van der Waals surface area (Å²) in [7, 11) is 0. The molecule has 7 heteroatoms. The molecule has 1 aromatic heterocycles. The Labute approximate surface area is 169 Å². The summed E-state index contributed by atoms with van der Waals surface area (Å²) in [6.07, 6.45) is 0. The van der Waals surface area contributed by atoms with E-state index >= 15 is 0 Å². The molecule has 0 aliphatic rings. The van der Waals surface area contributed by atoms with Crippen LogP contribution in [0.15, 0.2) is 71.2 Å². The Morgan fingerprint density at radius 2 is 1.93 bits per heavy atom. The van der Waals surface area contributed by atoms with Crippen LogP contribution in [0.1, 0.15) is 15.9 Å². The van der Waals surface area contributed by atoms with Crippen molar-refractivity contribution in [3.8, 4) is 17.1 Å². The summed E-state index contributed by atoms with van der Waals surface area (Å²) in [5.74, 6) is 6.23. The van der Waals surface area contributed by atoms with Gasteiger partial charge in [-0.05, 0) is 42.0 Å². The number of nitrogens with zero attached hydrogens (tertiary/aromatic N) is 1. The number of halogens is 1. The number of aromatic amines is 1. The van der Waals surface area contributed by atoms with Gasteiger partial charge in [-0.1, -0.05) is 46.3 Å². The molecule has 0 aliphatic heterocycles. The van der Waals surface area contributed by atoms with Gasteiger partial charge < -0.3 is 9.72 Å². The Morgan fingerprint density at radius 1 is 1.11 bits per heavy atom. The maximum Gasteiger partial charge on any atom is 0.265 e. The number of imidazole rings is 1. The third-order valence-electron chi connectivity index (χ3n) is 4.31. The first-order valence-electron chi connectivity index (χ1n) is 8.61. The van der Waals surface area contributed by atoms with Gasteiger partial charge >= 0.3 is 0 Å². The standard InChI is InChI=1S/C21H17BrN4O2/c22-15-7-9-19(28-12-13-4-2-1-3-5-13)16(11-15)20-24-17-8-6-14(21(27)26-23)10-18(17)25-20/h1-11H,12,23H2,(H,24,25)(H,26,27). The van der Waals surface area contributed by atoms with E-state index in [-0.39, 0.29) is 5.91 Å². The van der Waals surface area contributed by atoms with E-state index in [0.717, 1.165) is 26.6 Å². The van der Waals surface area contributed by atoms with E-state index < -0.39 is 0 Å². The highest BCUT2D eigenvalue weighted by Crippen LogP contribution is 2.33. The van der Waals surface area contributed by atoms with E-state index in [1.54, 1.807) is 18.2 Å². The van der Waals surface area contributed by atoms with Crippen molar-refractivity contribution in [2.75, 3.05) is 0 Å². The van der Waals surface area contributed by atoms with E-state index in [0.29, 0.717) is 23.7 Å². The number of rotatable bonds is 5. The predicted molar refractivity (Wildman–Crippen MR) is 112 cm³/mol. The number of nitrogens with one attached hydrogen (secondary N) is 2. The highest BCUT2D eigenvalue weighted by molar-refractivity contribution is 9.10. The first-order chi connectivity index (χ1) is 13.6. The Hall–Kier alpha value is -3.16. The average molecular weight is 437 g/mol. The monoisotopic (exact) mass is 436 g/mol. The number of carbonyl (C=O) groups excluding carboxylic acids is 1. The lowest BCUT2D eigenvalue weighted by Crippen LogP contribution is -2.29. The molecule has 3 aromatic carbocycles. The summed E-state index contributed by atoms with van der Waals surface area (Å²) in [4.78, 5) is 19.7. The minimum absolute atomic E-state index is 0.354. The number of hydrogen-bond acceptors (Lipinski definition) is 4. The molecule has 0 aliphatic carbocycles. The lowest BCUT2D eigenvalue weighted by molar-refractivity contribution is 0.0954. The Balaban J connectivity index is 1.69. The molecule has 4 aromatic rings. The van der Waals surface area contributed by atoms with E-state index in [4.69, 9.17) is 10.6 Å². The molecule has 0 radical (unpaired) electrons. The molecule has 0 unspecified atom stereocenters. The Morgan fingerprint density at radius 3 is 2.71 bits per heavy atom.